The highest BCUT2D eigenvalue weighted by atomic mass is 35.5. The van der Waals surface area contributed by atoms with Crippen LogP contribution < -0.4 is 11.3 Å². The van der Waals surface area contributed by atoms with E-state index in [4.69, 9.17) is 17.4 Å². The van der Waals surface area contributed by atoms with Crippen LogP contribution in [-0.4, -0.2) is 9.78 Å². The lowest BCUT2D eigenvalue weighted by molar-refractivity contribution is 0.490. The maximum atomic E-state index is 13.9. The normalized spacial score (nSPS) is 12.7. The van der Waals surface area contributed by atoms with Gasteiger partial charge in [0.25, 0.3) is 0 Å². The van der Waals surface area contributed by atoms with Gasteiger partial charge in [0.1, 0.15) is 5.82 Å². The van der Waals surface area contributed by atoms with Crippen LogP contribution in [0.1, 0.15) is 29.9 Å². The Morgan fingerprint density at radius 2 is 2.15 bits per heavy atom. The molecule has 6 heteroatoms. The van der Waals surface area contributed by atoms with E-state index in [2.05, 4.69) is 10.5 Å². The Hall–Kier alpha value is -1.43. The number of benzene rings is 1. The van der Waals surface area contributed by atoms with Crippen molar-refractivity contribution >= 4 is 11.6 Å². The second kappa shape index (κ2) is 6.35. The first-order valence-electron chi connectivity index (χ1n) is 6.50. The fraction of sp³-hybridized carbons (Fsp3) is 0.357. The quantitative estimate of drug-likeness (QED) is 0.659. The Kier molecular flexibility index (Phi) is 4.75. The van der Waals surface area contributed by atoms with E-state index in [0.29, 0.717) is 23.6 Å². The van der Waals surface area contributed by atoms with Gasteiger partial charge in [0.2, 0.25) is 0 Å². The van der Waals surface area contributed by atoms with E-state index >= 15 is 0 Å². The first-order valence-corrected chi connectivity index (χ1v) is 6.88. The molecule has 1 aromatic carbocycles. The summed E-state index contributed by atoms with van der Waals surface area (Å²) in [5.74, 6) is 5.29. The SMILES string of the molecule is CCn1nc(C)c(Cl)c1CC(NN)c1ccccc1F. The van der Waals surface area contributed by atoms with Crippen LogP contribution in [0.3, 0.4) is 0 Å². The van der Waals surface area contributed by atoms with Crippen molar-refractivity contribution in [2.75, 3.05) is 0 Å². The van der Waals surface area contributed by atoms with Crippen molar-refractivity contribution in [3.63, 3.8) is 0 Å². The number of hydrogen-bond acceptors (Lipinski definition) is 3. The minimum Gasteiger partial charge on any atom is -0.271 e. The summed E-state index contributed by atoms with van der Waals surface area (Å²) in [7, 11) is 0. The molecule has 0 spiro atoms. The van der Waals surface area contributed by atoms with Crippen molar-refractivity contribution < 1.29 is 4.39 Å². The van der Waals surface area contributed by atoms with Crippen molar-refractivity contribution in [1.29, 1.82) is 0 Å². The molecular weight excluding hydrogens is 279 g/mol. The number of nitrogens with one attached hydrogen (secondary N) is 1. The smallest absolute Gasteiger partial charge is 0.128 e. The molecule has 4 nitrogen and oxygen atoms in total. The minimum atomic E-state index is -0.352. The number of hydrogen-bond donors (Lipinski definition) is 2. The first-order chi connectivity index (χ1) is 9.58. The van der Waals surface area contributed by atoms with Gasteiger partial charge in [0.15, 0.2) is 0 Å². The Labute approximate surface area is 122 Å². The van der Waals surface area contributed by atoms with Crippen molar-refractivity contribution in [3.05, 3.63) is 52.1 Å². The third-order valence-corrected chi connectivity index (χ3v) is 3.82. The van der Waals surface area contributed by atoms with E-state index < -0.39 is 0 Å². The van der Waals surface area contributed by atoms with Crippen LogP contribution in [0.5, 0.6) is 0 Å². The molecule has 0 aliphatic rings. The van der Waals surface area contributed by atoms with Gasteiger partial charge in [0, 0.05) is 18.5 Å². The first kappa shape index (κ1) is 15.0. The van der Waals surface area contributed by atoms with Gasteiger partial charge in [0.05, 0.1) is 22.5 Å². The molecule has 1 heterocycles. The summed E-state index contributed by atoms with van der Waals surface area (Å²) in [6.45, 7) is 4.55. The maximum Gasteiger partial charge on any atom is 0.128 e. The largest absolute Gasteiger partial charge is 0.271 e. The second-order valence-corrected chi connectivity index (χ2v) is 4.98. The van der Waals surface area contributed by atoms with E-state index in [1.54, 1.807) is 18.2 Å². The lowest BCUT2D eigenvalue weighted by atomic mass is 10.0. The van der Waals surface area contributed by atoms with Gasteiger partial charge in [-0.25, -0.2) is 4.39 Å². The monoisotopic (exact) mass is 296 g/mol. The van der Waals surface area contributed by atoms with E-state index in [9.17, 15) is 4.39 Å². The zero-order valence-corrected chi connectivity index (χ0v) is 12.3. The van der Waals surface area contributed by atoms with Crippen LogP contribution in [0.25, 0.3) is 0 Å². The fourth-order valence-electron chi connectivity index (χ4n) is 2.27. The lowest BCUT2D eigenvalue weighted by Gasteiger charge is -2.18. The molecule has 0 amide bonds. The molecule has 0 saturated carbocycles. The number of hydrazine groups is 1. The topological polar surface area (TPSA) is 55.9 Å². The maximum absolute atomic E-state index is 13.9. The summed E-state index contributed by atoms with van der Waals surface area (Å²) in [6.07, 6.45) is 0.477. The molecule has 1 aromatic heterocycles. The van der Waals surface area contributed by atoms with Crippen LogP contribution in [0.2, 0.25) is 5.02 Å². The average Bonchev–Trinajstić information content (AvgIpc) is 2.73. The van der Waals surface area contributed by atoms with Crippen molar-refractivity contribution in [2.24, 2.45) is 5.84 Å². The van der Waals surface area contributed by atoms with Gasteiger partial charge in [-0.1, -0.05) is 29.8 Å². The molecule has 0 bridgehead atoms. The third-order valence-electron chi connectivity index (χ3n) is 3.33. The highest BCUT2D eigenvalue weighted by Gasteiger charge is 2.20. The number of nitrogens with two attached hydrogens (primary N) is 1. The van der Waals surface area contributed by atoms with Crippen LogP contribution in [0.15, 0.2) is 24.3 Å². The molecule has 0 aliphatic heterocycles. The molecule has 3 N–H and O–H groups in total. The third kappa shape index (κ3) is 2.85. The van der Waals surface area contributed by atoms with E-state index in [1.807, 2.05) is 18.5 Å². The zero-order valence-electron chi connectivity index (χ0n) is 11.5. The predicted molar refractivity (Wildman–Crippen MR) is 77.8 cm³/mol. The van der Waals surface area contributed by atoms with Crippen LogP contribution in [-0.2, 0) is 13.0 Å². The Morgan fingerprint density at radius 1 is 1.45 bits per heavy atom. The molecule has 2 aromatic rings. The van der Waals surface area contributed by atoms with Gasteiger partial charge in [-0.2, -0.15) is 5.10 Å². The fourth-order valence-corrected chi connectivity index (χ4v) is 2.49. The standard InChI is InChI=1S/C14H18ClFN4/c1-3-20-13(14(15)9(2)19-20)8-12(18-17)10-6-4-5-7-11(10)16/h4-7,12,18H,3,8,17H2,1-2H3. The highest BCUT2D eigenvalue weighted by molar-refractivity contribution is 6.31. The van der Waals surface area contributed by atoms with Crippen LogP contribution in [0, 0.1) is 12.7 Å². The molecule has 108 valence electrons. The van der Waals surface area contributed by atoms with E-state index in [0.717, 1.165) is 11.4 Å². The average molecular weight is 297 g/mol. The minimum absolute atomic E-state index is 0.286. The van der Waals surface area contributed by atoms with E-state index in [1.165, 1.54) is 6.07 Å². The van der Waals surface area contributed by atoms with Crippen LogP contribution in [0.4, 0.5) is 4.39 Å². The summed E-state index contributed by atoms with van der Waals surface area (Å²) in [6, 6.07) is 6.22. The number of nitrogens with zero attached hydrogens (tertiary/aromatic N) is 2. The number of aromatic nitrogens is 2. The molecule has 0 fully saturated rings. The molecule has 0 radical (unpaired) electrons. The molecule has 20 heavy (non-hydrogen) atoms. The Morgan fingerprint density at radius 3 is 2.75 bits per heavy atom. The van der Waals surface area contributed by atoms with Gasteiger partial charge in [-0.05, 0) is 19.9 Å². The summed E-state index contributed by atoms with van der Waals surface area (Å²) in [4.78, 5) is 0. The molecule has 1 unspecified atom stereocenters. The number of halogens is 2. The van der Waals surface area contributed by atoms with E-state index in [-0.39, 0.29) is 11.9 Å². The van der Waals surface area contributed by atoms with Crippen LogP contribution >= 0.6 is 11.6 Å². The van der Waals surface area contributed by atoms with Gasteiger partial charge >= 0.3 is 0 Å². The summed E-state index contributed by atoms with van der Waals surface area (Å²) >= 11 is 6.28. The molecule has 0 aliphatic carbocycles. The summed E-state index contributed by atoms with van der Waals surface area (Å²) < 4.78 is 15.7. The lowest BCUT2D eigenvalue weighted by Crippen LogP contribution is -2.31. The Bertz CT molecular complexity index is 597. The molecule has 0 saturated heterocycles. The van der Waals surface area contributed by atoms with Gasteiger partial charge in [-0.15, -0.1) is 0 Å². The molecule has 2 rings (SSSR count). The van der Waals surface area contributed by atoms with Crippen molar-refractivity contribution in [1.82, 2.24) is 15.2 Å². The zero-order chi connectivity index (χ0) is 14.7. The second-order valence-electron chi connectivity index (χ2n) is 4.61. The predicted octanol–water partition coefficient (Wildman–Crippen LogP) is 2.75. The number of rotatable bonds is 5. The van der Waals surface area contributed by atoms with Crippen molar-refractivity contribution in [3.8, 4) is 0 Å². The van der Waals surface area contributed by atoms with Gasteiger partial charge < -0.3 is 0 Å². The molecule has 1 atom stereocenters. The van der Waals surface area contributed by atoms with Crippen molar-refractivity contribution in [2.45, 2.75) is 32.9 Å². The Balaban J connectivity index is 2.34. The number of aryl methyl sites for hydroxylation is 2. The summed E-state index contributed by atoms with van der Waals surface area (Å²) in [5.41, 5.74) is 4.81. The van der Waals surface area contributed by atoms with Gasteiger partial charge in [-0.3, -0.25) is 16.0 Å². The highest BCUT2D eigenvalue weighted by Crippen LogP contribution is 2.26. The summed E-state index contributed by atoms with van der Waals surface area (Å²) in [5, 5.41) is 4.97. The molecular formula is C14H18ClFN4.